The van der Waals surface area contributed by atoms with Crippen molar-refractivity contribution < 1.29 is 0 Å². The van der Waals surface area contributed by atoms with Gasteiger partial charge in [0.1, 0.15) is 0 Å². The van der Waals surface area contributed by atoms with E-state index >= 15 is 0 Å². The number of aromatic nitrogens is 2. The van der Waals surface area contributed by atoms with Crippen molar-refractivity contribution in [2.24, 2.45) is 0 Å². The normalized spacial score (nSPS) is 11.0. The minimum absolute atomic E-state index is 0.762. The molecule has 0 bridgehead atoms. The Morgan fingerprint density at radius 1 is 0.750 bits per heavy atom. The van der Waals surface area contributed by atoms with Crippen LogP contribution in [0.4, 0.5) is 0 Å². The largest absolute Gasteiger partial charge is 0.260 e. The van der Waals surface area contributed by atoms with E-state index in [1.54, 1.807) is 0 Å². The maximum absolute atomic E-state index is 5.98. The van der Waals surface area contributed by atoms with Crippen molar-refractivity contribution in [1.82, 2.24) is 9.78 Å². The van der Waals surface area contributed by atoms with E-state index in [-0.39, 0.29) is 0 Å². The molecular weight excluding hydrogens is 316 g/mol. The summed E-state index contributed by atoms with van der Waals surface area (Å²) in [5.74, 6) is 0. The minimum atomic E-state index is 0.762. The van der Waals surface area contributed by atoms with Gasteiger partial charge in [0.15, 0.2) is 0 Å². The fraction of sp³-hybridized carbons (Fsp3) is 0.0952. The first-order chi connectivity index (χ1) is 11.8. The first kappa shape index (κ1) is 15.0. The first-order valence-electron chi connectivity index (χ1n) is 8.02. The molecule has 0 atom stereocenters. The van der Waals surface area contributed by atoms with E-state index in [0.29, 0.717) is 0 Å². The molecule has 0 N–H and O–H groups in total. The van der Waals surface area contributed by atoms with Gasteiger partial charge in [0.05, 0.1) is 17.8 Å². The number of rotatable bonds is 4. The van der Waals surface area contributed by atoms with Gasteiger partial charge < -0.3 is 0 Å². The molecule has 0 saturated carbocycles. The average molecular weight is 333 g/mol. The van der Waals surface area contributed by atoms with Crippen molar-refractivity contribution in [2.45, 2.75) is 13.0 Å². The maximum atomic E-state index is 5.98. The zero-order chi connectivity index (χ0) is 16.4. The second-order valence-corrected chi connectivity index (χ2v) is 6.35. The molecule has 0 aliphatic heterocycles. The molecule has 3 heteroatoms. The average Bonchev–Trinajstić information content (AvgIpc) is 2.96. The number of fused-ring (bicyclic) bond motifs is 1. The summed E-state index contributed by atoms with van der Waals surface area (Å²) in [6.07, 6.45) is 0.805. The van der Waals surface area contributed by atoms with Gasteiger partial charge in [-0.1, -0.05) is 72.3 Å². The van der Waals surface area contributed by atoms with Gasteiger partial charge in [0.25, 0.3) is 0 Å². The zero-order valence-electron chi connectivity index (χ0n) is 13.2. The minimum Gasteiger partial charge on any atom is -0.260 e. The van der Waals surface area contributed by atoms with E-state index in [1.807, 2.05) is 18.2 Å². The molecule has 1 heterocycles. The monoisotopic (exact) mass is 332 g/mol. The molecule has 0 aliphatic carbocycles. The van der Waals surface area contributed by atoms with E-state index in [0.717, 1.165) is 23.7 Å². The highest BCUT2D eigenvalue weighted by molar-refractivity contribution is 6.30. The van der Waals surface area contributed by atoms with E-state index in [4.69, 9.17) is 16.7 Å². The molecule has 0 fully saturated rings. The van der Waals surface area contributed by atoms with E-state index in [2.05, 4.69) is 65.3 Å². The third-order valence-electron chi connectivity index (χ3n) is 4.19. The van der Waals surface area contributed by atoms with Crippen LogP contribution in [0, 0.1) is 0 Å². The van der Waals surface area contributed by atoms with Crippen molar-refractivity contribution in [3.8, 4) is 0 Å². The van der Waals surface area contributed by atoms with Crippen molar-refractivity contribution in [3.63, 3.8) is 0 Å². The Kier molecular flexibility index (Phi) is 4.06. The van der Waals surface area contributed by atoms with Gasteiger partial charge in [0.2, 0.25) is 0 Å². The first-order valence-corrected chi connectivity index (χ1v) is 8.40. The van der Waals surface area contributed by atoms with Gasteiger partial charge in [-0.2, -0.15) is 5.10 Å². The second kappa shape index (κ2) is 6.50. The van der Waals surface area contributed by atoms with Crippen molar-refractivity contribution in [3.05, 3.63) is 101 Å². The smallest absolute Gasteiger partial charge is 0.0747 e. The van der Waals surface area contributed by atoms with E-state index in [1.165, 1.54) is 22.0 Å². The number of hydrogen-bond acceptors (Lipinski definition) is 1. The molecule has 0 aliphatic rings. The number of para-hydroxylation sites is 1. The molecule has 2 nitrogen and oxygen atoms in total. The Morgan fingerprint density at radius 2 is 1.46 bits per heavy atom. The maximum Gasteiger partial charge on any atom is 0.0747 e. The lowest BCUT2D eigenvalue weighted by molar-refractivity contribution is 0.698. The lowest BCUT2D eigenvalue weighted by Gasteiger charge is -2.03. The fourth-order valence-electron chi connectivity index (χ4n) is 3.00. The molecule has 0 amide bonds. The summed E-state index contributed by atoms with van der Waals surface area (Å²) in [5.41, 5.74) is 4.74. The molecule has 0 unspecified atom stereocenters. The highest BCUT2D eigenvalue weighted by atomic mass is 35.5. The molecule has 0 saturated heterocycles. The van der Waals surface area contributed by atoms with Gasteiger partial charge in [-0.15, -0.1) is 0 Å². The Labute approximate surface area is 146 Å². The number of benzene rings is 3. The molecule has 4 aromatic rings. The molecule has 1 aromatic heterocycles. The summed E-state index contributed by atoms with van der Waals surface area (Å²) in [5, 5.41) is 6.86. The third-order valence-corrected chi connectivity index (χ3v) is 4.45. The van der Waals surface area contributed by atoms with Gasteiger partial charge in [-0.25, -0.2) is 0 Å². The Balaban J connectivity index is 1.72. The van der Waals surface area contributed by atoms with Gasteiger partial charge in [-0.05, 0) is 29.3 Å². The summed E-state index contributed by atoms with van der Waals surface area (Å²) in [4.78, 5) is 0. The van der Waals surface area contributed by atoms with Crippen LogP contribution in [0.25, 0.3) is 10.9 Å². The van der Waals surface area contributed by atoms with Crippen LogP contribution in [0.5, 0.6) is 0 Å². The summed E-state index contributed by atoms with van der Waals surface area (Å²) in [7, 11) is 0. The van der Waals surface area contributed by atoms with Crippen LogP contribution in [0.1, 0.15) is 16.8 Å². The molecule has 118 valence electrons. The predicted molar refractivity (Wildman–Crippen MR) is 99.5 cm³/mol. The van der Waals surface area contributed by atoms with Gasteiger partial charge in [0, 0.05) is 16.8 Å². The highest BCUT2D eigenvalue weighted by Gasteiger charge is 2.11. The van der Waals surface area contributed by atoms with Crippen LogP contribution < -0.4 is 0 Å². The molecule has 4 rings (SSSR count). The molecular formula is C21H17ClN2. The lowest BCUT2D eigenvalue weighted by Crippen LogP contribution is -2.02. The Bertz CT molecular complexity index is 956. The van der Waals surface area contributed by atoms with Gasteiger partial charge in [-0.3, -0.25) is 4.68 Å². The number of hydrogen-bond donors (Lipinski definition) is 0. The van der Waals surface area contributed by atoms with Crippen molar-refractivity contribution in [2.75, 3.05) is 0 Å². The van der Waals surface area contributed by atoms with Crippen molar-refractivity contribution in [1.29, 1.82) is 0 Å². The number of nitrogens with zero attached hydrogens (tertiary/aromatic N) is 2. The fourth-order valence-corrected chi connectivity index (χ4v) is 3.13. The zero-order valence-corrected chi connectivity index (χ0v) is 13.9. The number of halogens is 1. The molecule has 0 radical (unpaired) electrons. The third kappa shape index (κ3) is 3.06. The van der Waals surface area contributed by atoms with Crippen LogP contribution in [0.3, 0.4) is 0 Å². The molecule has 3 aromatic carbocycles. The summed E-state index contributed by atoms with van der Waals surface area (Å²) < 4.78 is 2.09. The summed E-state index contributed by atoms with van der Waals surface area (Å²) in [6.45, 7) is 0.780. The quantitative estimate of drug-likeness (QED) is 0.494. The van der Waals surface area contributed by atoms with E-state index < -0.39 is 0 Å². The predicted octanol–water partition coefficient (Wildman–Crippen LogP) is 5.33. The van der Waals surface area contributed by atoms with Crippen LogP contribution >= 0.6 is 11.6 Å². The van der Waals surface area contributed by atoms with E-state index in [9.17, 15) is 0 Å². The van der Waals surface area contributed by atoms with Crippen molar-refractivity contribution >= 4 is 22.5 Å². The highest BCUT2D eigenvalue weighted by Crippen LogP contribution is 2.22. The SMILES string of the molecule is Clc1ccc(Cc2nn(Cc3ccccc3)c3ccccc23)cc1. The second-order valence-electron chi connectivity index (χ2n) is 5.91. The van der Waals surface area contributed by atoms with Crippen LogP contribution in [0.15, 0.2) is 78.9 Å². The van der Waals surface area contributed by atoms with Crippen LogP contribution in [-0.2, 0) is 13.0 Å². The summed E-state index contributed by atoms with van der Waals surface area (Å²) >= 11 is 5.98. The van der Waals surface area contributed by atoms with Gasteiger partial charge >= 0.3 is 0 Å². The standard InChI is InChI=1S/C21H17ClN2/c22-18-12-10-16(11-13-18)14-20-19-8-4-5-9-21(19)24(23-20)15-17-6-2-1-3-7-17/h1-13H,14-15H2. The van der Waals surface area contributed by atoms with Crippen LogP contribution in [0.2, 0.25) is 5.02 Å². The Morgan fingerprint density at radius 3 is 2.25 bits per heavy atom. The summed E-state index contributed by atoms with van der Waals surface area (Å²) in [6, 6.07) is 26.8. The topological polar surface area (TPSA) is 17.8 Å². The Hall–Kier alpha value is -2.58. The molecule has 0 spiro atoms. The van der Waals surface area contributed by atoms with Crippen LogP contribution in [-0.4, -0.2) is 9.78 Å². The molecule has 24 heavy (non-hydrogen) atoms. The lowest BCUT2D eigenvalue weighted by atomic mass is 10.1.